The Labute approximate surface area is 127 Å². The first-order valence-electron chi connectivity index (χ1n) is 8.17. The van der Waals surface area contributed by atoms with Crippen LogP contribution in [0.1, 0.15) is 26.7 Å². The summed E-state index contributed by atoms with van der Waals surface area (Å²) in [7, 11) is 0. The van der Waals surface area contributed by atoms with Gasteiger partial charge >= 0.3 is 0 Å². The molecule has 0 amide bonds. The molecule has 1 atom stereocenters. The van der Waals surface area contributed by atoms with Crippen LogP contribution in [0.4, 0.5) is 11.4 Å². The normalized spacial score (nSPS) is 22.4. The molecule has 2 aliphatic rings. The SMILES string of the molecule is CC(C)C1CN(CCN2CCCC2)c2c(N)cccc2O1. The van der Waals surface area contributed by atoms with Crippen LogP contribution in [0, 0.1) is 5.92 Å². The summed E-state index contributed by atoms with van der Waals surface area (Å²) in [5, 5.41) is 0. The molecule has 1 aromatic rings. The largest absolute Gasteiger partial charge is 0.486 e. The van der Waals surface area contributed by atoms with Gasteiger partial charge in [-0.2, -0.15) is 0 Å². The van der Waals surface area contributed by atoms with Gasteiger partial charge < -0.3 is 20.3 Å². The van der Waals surface area contributed by atoms with E-state index in [2.05, 4.69) is 23.6 Å². The molecule has 4 nitrogen and oxygen atoms in total. The molecular weight excluding hydrogens is 262 g/mol. The quantitative estimate of drug-likeness (QED) is 0.865. The minimum absolute atomic E-state index is 0.248. The second kappa shape index (κ2) is 6.14. The predicted molar refractivity (Wildman–Crippen MR) is 88.0 cm³/mol. The second-order valence-electron chi connectivity index (χ2n) is 6.59. The Hall–Kier alpha value is -1.42. The number of ether oxygens (including phenoxy) is 1. The molecule has 1 aromatic carbocycles. The maximum Gasteiger partial charge on any atom is 0.145 e. The Morgan fingerprint density at radius 1 is 1.24 bits per heavy atom. The van der Waals surface area contributed by atoms with Crippen molar-refractivity contribution in [3.05, 3.63) is 18.2 Å². The van der Waals surface area contributed by atoms with Crippen LogP contribution < -0.4 is 15.4 Å². The fourth-order valence-electron chi connectivity index (χ4n) is 3.30. The highest BCUT2D eigenvalue weighted by atomic mass is 16.5. The number of hydrogen-bond acceptors (Lipinski definition) is 4. The van der Waals surface area contributed by atoms with E-state index in [0.29, 0.717) is 5.92 Å². The Morgan fingerprint density at radius 3 is 2.71 bits per heavy atom. The molecule has 0 aliphatic carbocycles. The second-order valence-corrected chi connectivity index (χ2v) is 6.59. The first-order chi connectivity index (χ1) is 10.1. The molecule has 2 aliphatic heterocycles. The zero-order valence-electron chi connectivity index (χ0n) is 13.2. The average Bonchev–Trinajstić information content (AvgIpc) is 2.97. The number of rotatable bonds is 4. The summed E-state index contributed by atoms with van der Waals surface area (Å²) in [4.78, 5) is 4.98. The van der Waals surface area contributed by atoms with Crippen LogP contribution >= 0.6 is 0 Å². The highest BCUT2D eigenvalue weighted by Gasteiger charge is 2.29. The van der Waals surface area contributed by atoms with Crippen LogP contribution in [-0.4, -0.2) is 43.7 Å². The predicted octanol–water partition coefficient (Wildman–Crippen LogP) is 2.59. The van der Waals surface area contributed by atoms with E-state index in [-0.39, 0.29) is 6.10 Å². The van der Waals surface area contributed by atoms with Crippen molar-refractivity contribution in [2.24, 2.45) is 5.92 Å². The van der Waals surface area contributed by atoms with Gasteiger partial charge in [-0.05, 0) is 44.0 Å². The van der Waals surface area contributed by atoms with E-state index in [4.69, 9.17) is 10.5 Å². The summed E-state index contributed by atoms with van der Waals surface area (Å²) in [5.74, 6) is 1.45. The molecule has 0 spiro atoms. The lowest BCUT2D eigenvalue weighted by Gasteiger charge is -2.39. The maximum atomic E-state index is 6.20. The van der Waals surface area contributed by atoms with Crippen molar-refractivity contribution in [1.29, 1.82) is 0 Å². The number of nitrogen functional groups attached to an aromatic ring is 1. The Bertz CT molecular complexity index is 483. The van der Waals surface area contributed by atoms with Gasteiger partial charge in [-0.1, -0.05) is 19.9 Å². The number of fused-ring (bicyclic) bond motifs is 1. The topological polar surface area (TPSA) is 41.7 Å². The third-order valence-corrected chi connectivity index (χ3v) is 4.65. The first kappa shape index (κ1) is 14.5. The summed E-state index contributed by atoms with van der Waals surface area (Å²) >= 11 is 0. The standard InChI is InChI=1S/C17H27N3O/c1-13(2)16-12-20(11-10-19-8-3-4-9-19)17-14(18)6-5-7-15(17)21-16/h5-7,13,16H,3-4,8-12,18H2,1-2H3. The van der Waals surface area contributed by atoms with E-state index in [1.807, 2.05) is 18.2 Å². The van der Waals surface area contributed by atoms with Crippen LogP contribution in [-0.2, 0) is 0 Å². The Morgan fingerprint density at radius 2 is 2.00 bits per heavy atom. The third kappa shape index (κ3) is 3.10. The summed E-state index contributed by atoms with van der Waals surface area (Å²) in [6.07, 6.45) is 2.94. The summed E-state index contributed by atoms with van der Waals surface area (Å²) in [5.41, 5.74) is 8.12. The molecule has 0 radical (unpaired) electrons. The van der Waals surface area contributed by atoms with Gasteiger partial charge in [0.25, 0.3) is 0 Å². The molecule has 3 rings (SSSR count). The first-order valence-corrected chi connectivity index (χ1v) is 8.17. The van der Waals surface area contributed by atoms with E-state index in [1.165, 1.54) is 25.9 Å². The monoisotopic (exact) mass is 289 g/mol. The number of anilines is 2. The molecule has 1 fully saturated rings. The zero-order chi connectivity index (χ0) is 14.8. The van der Waals surface area contributed by atoms with Gasteiger partial charge in [0.1, 0.15) is 17.5 Å². The molecular formula is C17H27N3O. The van der Waals surface area contributed by atoms with Crippen LogP contribution in [0.3, 0.4) is 0 Å². The van der Waals surface area contributed by atoms with Crippen LogP contribution in [0.25, 0.3) is 0 Å². The van der Waals surface area contributed by atoms with Gasteiger partial charge in [-0.25, -0.2) is 0 Å². The van der Waals surface area contributed by atoms with Crippen molar-refractivity contribution in [2.75, 3.05) is 43.4 Å². The molecule has 2 heterocycles. The lowest BCUT2D eigenvalue weighted by atomic mass is 10.0. The molecule has 0 saturated carbocycles. The van der Waals surface area contributed by atoms with Gasteiger partial charge in [0.05, 0.1) is 12.2 Å². The number of likely N-dealkylation sites (tertiary alicyclic amines) is 1. The Kier molecular flexibility index (Phi) is 4.24. The minimum Gasteiger partial charge on any atom is -0.486 e. The van der Waals surface area contributed by atoms with Gasteiger partial charge in [0, 0.05) is 13.1 Å². The molecule has 2 N–H and O–H groups in total. The van der Waals surface area contributed by atoms with Gasteiger partial charge in [0.2, 0.25) is 0 Å². The van der Waals surface area contributed by atoms with Crippen molar-refractivity contribution in [2.45, 2.75) is 32.8 Å². The van der Waals surface area contributed by atoms with Crippen LogP contribution in [0.5, 0.6) is 5.75 Å². The summed E-state index contributed by atoms with van der Waals surface area (Å²) in [6.45, 7) is 10.0. The summed E-state index contributed by atoms with van der Waals surface area (Å²) < 4.78 is 6.14. The summed E-state index contributed by atoms with van der Waals surface area (Å²) in [6, 6.07) is 6.00. The number of nitrogens with two attached hydrogens (primary N) is 1. The Balaban J connectivity index is 1.77. The van der Waals surface area contributed by atoms with Gasteiger partial charge in [-0.15, -0.1) is 0 Å². The maximum absolute atomic E-state index is 6.20. The van der Waals surface area contributed by atoms with E-state index < -0.39 is 0 Å². The lowest BCUT2D eigenvalue weighted by Crippen LogP contribution is -2.45. The third-order valence-electron chi connectivity index (χ3n) is 4.65. The van der Waals surface area contributed by atoms with E-state index in [0.717, 1.165) is 36.8 Å². The molecule has 1 unspecified atom stereocenters. The number of para-hydroxylation sites is 1. The van der Waals surface area contributed by atoms with E-state index in [1.54, 1.807) is 0 Å². The number of nitrogens with zero attached hydrogens (tertiary/aromatic N) is 2. The molecule has 0 aromatic heterocycles. The van der Waals surface area contributed by atoms with Crippen LogP contribution in [0.2, 0.25) is 0 Å². The molecule has 1 saturated heterocycles. The zero-order valence-corrected chi connectivity index (χ0v) is 13.2. The molecule has 4 heteroatoms. The molecule has 21 heavy (non-hydrogen) atoms. The van der Waals surface area contributed by atoms with Crippen molar-refractivity contribution in [1.82, 2.24) is 4.90 Å². The van der Waals surface area contributed by atoms with Crippen molar-refractivity contribution < 1.29 is 4.74 Å². The number of benzene rings is 1. The van der Waals surface area contributed by atoms with Crippen LogP contribution in [0.15, 0.2) is 18.2 Å². The van der Waals surface area contributed by atoms with E-state index >= 15 is 0 Å². The van der Waals surface area contributed by atoms with Crippen molar-refractivity contribution in [3.63, 3.8) is 0 Å². The molecule has 0 bridgehead atoms. The lowest BCUT2D eigenvalue weighted by molar-refractivity contribution is 0.144. The minimum atomic E-state index is 0.248. The van der Waals surface area contributed by atoms with Gasteiger partial charge in [0.15, 0.2) is 0 Å². The fourth-order valence-corrected chi connectivity index (χ4v) is 3.30. The van der Waals surface area contributed by atoms with Gasteiger partial charge in [-0.3, -0.25) is 0 Å². The smallest absolute Gasteiger partial charge is 0.145 e. The molecule has 116 valence electrons. The van der Waals surface area contributed by atoms with Crippen molar-refractivity contribution >= 4 is 11.4 Å². The average molecular weight is 289 g/mol. The number of hydrogen-bond donors (Lipinski definition) is 1. The van der Waals surface area contributed by atoms with Crippen molar-refractivity contribution in [3.8, 4) is 5.75 Å². The highest BCUT2D eigenvalue weighted by Crippen LogP contribution is 2.39. The van der Waals surface area contributed by atoms with E-state index in [9.17, 15) is 0 Å². The fraction of sp³-hybridized carbons (Fsp3) is 0.647. The highest BCUT2D eigenvalue weighted by molar-refractivity contribution is 5.75.